The molecule has 134 valence electrons. The number of aromatic nitrogens is 1. The second-order valence-corrected chi connectivity index (χ2v) is 6.52. The van der Waals surface area contributed by atoms with E-state index >= 15 is 0 Å². The number of carbonyl (C=O) groups excluding carboxylic acids is 1. The zero-order valence-electron chi connectivity index (χ0n) is 15.0. The summed E-state index contributed by atoms with van der Waals surface area (Å²) in [4.78, 5) is 18.5. The average molecular weight is 350 g/mol. The van der Waals surface area contributed by atoms with Crippen molar-refractivity contribution in [2.24, 2.45) is 0 Å². The lowest BCUT2D eigenvalue weighted by Gasteiger charge is -2.21. The van der Waals surface area contributed by atoms with E-state index in [2.05, 4.69) is 23.2 Å². The Morgan fingerprint density at radius 3 is 2.42 bits per heavy atom. The van der Waals surface area contributed by atoms with E-state index < -0.39 is 0 Å². The normalized spacial score (nSPS) is 14.0. The lowest BCUT2D eigenvalue weighted by molar-refractivity contribution is 0.0762. The number of para-hydroxylation sites is 1. The first-order valence-electron chi connectivity index (χ1n) is 8.80. The predicted molar refractivity (Wildman–Crippen MR) is 101 cm³/mol. The smallest absolute Gasteiger partial charge is 0.254 e. The zero-order valence-corrected chi connectivity index (χ0v) is 15.0. The molecule has 2 heterocycles. The van der Waals surface area contributed by atoms with Gasteiger partial charge in [0, 0.05) is 47.7 Å². The van der Waals surface area contributed by atoms with E-state index in [1.165, 1.54) is 22.2 Å². The quantitative estimate of drug-likeness (QED) is 0.787. The standard InChI is InChI=1S/C21H22N2O3/c1-25-15-11-14(12-16(13-15)26-2)21(24)23-9-7-18-17-5-3-4-6-19(17)22-20(18)8-10-23/h3-6,11-13,22H,7-10H2,1-2H3. The van der Waals surface area contributed by atoms with E-state index in [0.29, 0.717) is 30.2 Å². The Labute approximate surface area is 152 Å². The molecule has 1 aliphatic rings. The summed E-state index contributed by atoms with van der Waals surface area (Å²) in [5.41, 5.74) is 4.34. The summed E-state index contributed by atoms with van der Waals surface area (Å²) < 4.78 is 10.6. The van der Waals surface area contributed by atoms with Gasteiger partial charge in [-0.25, -0.2) is 0 Å². The number of nitrogens with one attached hydrogen (secondary N) is 1. The maximum Gasteiger partial charge on any atom is 0.254 e. The third kappa shape index (κ3) is 2.90. The largest absolute Gasteiger partial charge is 0.497 e. The molecule has 4 rings (SSSR count). The molecule has 1 aliphatic heterocycles. The molecular formula is C21H22N2O3. The molecule has 1 N–H and O–H groups in total. The minimum absolute atomic E-state index is 0.0108. The van der Waals surface area contributed by atoms with E-state index in [4.69, 9.17) is 9.47 Å². The van der Waals surface area contributed by atoms with Crippen molar-refractivity contribution in [3.8, 4) is 11.5 Å². The highest BCUT2D eigenvalue weighted by molar-refractivity contribution is 5.95. The molecule has 3 aromatic rings. The summed E-state index contributed by atoms with van der Waals surface area (Å²) >= 11 is 0. The van der Waals surface area contributed by atoms with Crippen LogP contribution in [0, 0.1) is 0 Å². The highest BCUT2D eigenvalue weighted by Crippen LogP contribution is 2.27. The molecule has 1 amide bonds. The van der Waals surface area contributed by atoms with E-state index in [1.807, 2.05) is 11.0 Å². The Balaban J connectivity index is 1.59. The monoisotopic (exact) mass is 350 g/mol. The number of hydrogen-bond acceptors (Lipinski definition) is 3. The van der Waals surface area contributed by atoms with Crippen molar-refractivity contribution in [2.45, 2.75) is 12.8 Å². The number of benzene rings is 2. The molecule has 0 bridgehead atoms. The van der Waals surface area contributed by atoms with Gasteiger partial charge in [-0.3, -0.25) is 4.79 Å². The fourth-order valence-corrected chi connectivity index (χ4v) is 3.68. The zero-order chi connectivity index (χ0) is 18.1. The van der Waals surface area contributed by atoms with Crippen molar-refractivity contribution in [3.63, 3.8) is 0 Å². The van der Waals surface area contributed by atoms with Crippen molar-refractivity contribution in [2.75, 3.05) is 27.3 Å². The van der Waals surface area contributed by atoms with E-state index in [1.54, 1.807) is 32.4 Å². The Morgan fingerprint density at radius 1 is 1.00 bits per heavy atom. The lowest BCUT2D eigenvalue weighted by atomic mass is 10.1. The predicted octanol–water partition coefficient (Wildman–Crippen LogP) is 3.43. The van der Waals surface area contributed by atoms with Crippen molar-refractivity contribution in [3.05, 3.63) is 59.3 Å². The molecule has 0 saturated carbocycles. The number of amides is 1. The van der Waals surface area contributed by atoms with Crippen LogP contribution in [0.1, 0.15) is 21.6 Å². The van der Waals surface area contributed by atoms with Crippen molar-refractivity contribution in [1.82, 2.24) is 9.88 Å². The number of hydrogen-bond donors (Lipinski definition) is 1. The number of fused-ring (bicyclic) bond motifs is 3. The van der Waals surface area contributed by atoms with Gasteiger partial charge in [0.1, 0.15) is 11.5 Å². The number of rotatable bonds is 3. The number of nitrogens with zero attached hydrogens (tertiary/aromatic N) is 1. The third-order valence-corrected chi connectivity index (χ3v) is 5.05. The summed E-state index contributed by atoms with van der Waals surface area (Å²) in [6.45, 7) is 1.39. The Bertz CT molecular complexity index is 939. The molecule has 2 aromatic carbocycles. The van der Waals surface area contributed by atoms with Crippen LogP contribution in [0.3, 0.4) is 0 Å². The van der Waals surface area contributed by atoms with E-state index in [-0.39, 0.29) is 5.91 Å². The van der Waals surface area contributed by atoms with Gasteiger partial charge in [0.25, 0.3) is 5.91 Å². The van der Waals surface area contributed by atoms with E-state index in [9.17, 15) is 4.79 Å². The molecule has 0 unspecified atom stereocenters. The van der Waals surface area contributed by atoms with Gasteiger partial charge in [-0.2, -0.15) is 0 Å². The first kappa shape index (κ1) is 16.5. The third-order valence-electron chi connectivity index (χ3n) is 5.05. The van der Waals surface area contributed by atoms with E-state index in [0.717, 1.165) is 12.8 Å². The van der Waals surface area contributed by atoms with Crippen LogP contribution in [0.2, 0.25) is 0 Å². The molecule has 5 nitrogen and oxygen atoms in total. The highest BCUT2D eigenvalue weighted by Gasteiger charge is 2.23. The van der Waals surface area contributed by atoms with Crippen molar-refractivity contribution >= 4 is 16.8 Å². The minimum atomic E-state index is 0.0108. The van der Waals surface area contributed by atoms with Crippen LogP contribution in [-0.4, -0.2) is 43.1 Å². The SMILES string of the molecule is COc1cc(OC)cc(C(=O)N2CCc3[nH]c4ccccc4c3CC2)c1. The molecule has 26 heavy (non-hydrogen) atoms. The van der Waals surface area contributed by atoms with Gasteiger partial charge < -0.3 is 19.4 Å². The summed E-state index contributed by atoms with van der Waals surface area (Å²) in [5, 5.41) is 1.26. The summed E-state index contributed by atoms with van der Waals surface area (Å²) in [6.07, 6.45) is 1.68. The minimum Gasteiger partial charge on any atom is -0.497 e. The summed E-state index contributed by atoms with van der Waals surface area (Å²) in [5.74, 6) is 1.26. The molecule has 0 radical (unpaired) electrons. The van der Waals surface area contributed by atoms with Gasteiger partial charge in [-0.15, -0.1) is 0 Å². The van der Waals surface area contributed by atoms with Crippen LogP contribution in [0.5, 0.6) is 11.5 Å². The highest BCUT2D eigenvalue weighted by atomic mass is 16.5. The van der Waals surface area contributed by atoms with Crippen LogP contribution < -0.4 is 9.47 Å². The summed E-state index contributed by atoms with van der Waals surface area (Å²) in [7, 11) is 3.18. The maximum atomic E-state index is 13.0. The molecule has 1 aromatic heterocycles. The number of carbonyl (C=O) groups is 1. The number of H-pyrrole nitrogens is 1. The Morgan fingerprint density at radius 2 is 1.69 bits per heavy atom. The topological polar surface area (TPSA) is 54.6 Å². The van der Waals surface area contributed by atoms with Crippen LogP contribution in [0.4, 0.5) is 0 Å². The first-order chi connectivity index (χ1) is 12.7. The maximum absolute atomic E-state index is 13.0. The number of ether oxygens (including phenoxy) is 2. The fourth-order valence-electron chi connectivity index (χ4n) is 3.68. The van der Waals surface area contributed by atoms with Gasteiger partial charge in [-0.1, -0.05) is 18.2 Å². The Kier molecular flexibility index (Phi) is 4.29. The van der Waals surface area contributed by atoms with Crippen LogP contribution in [0.15, 0.2) is 42.5 Å². The van der Waals surface area contributed by atoms with Gasteiger partial charge in [0.05, 0.1) is 14.2 Å². The van der Waals surface area contributed by atoms with Crippen molar-refractivity contribution in [1.29, 1.82) is 0 Å². The number of aromatic amines is 1. The molecule has 0 spiro atoms. The molecule has 5 heteroatoms. The lowest BCUT2D eigenvalue weighted by Crippen LogP contribution is -2.33. The van der Waals surface area contributed by atoms with Crippen LogP contribution in [-0.2, 0) is 12.8 Å². The second-order valence-electron chi connectivity index (χ2n) is 6.52. The molecule has 0 fully saturated rings. The molecular weight excluding hydrogens is 328 g/mol. The molecule has 0 aliphatic carbocycles. The van der Waals surface area contributed by atoms with Crippen LogP contribution in [0.25, 0.3) is 10.9 Å². The molecule has 0 saturated heterocycles. The van der Waals surface area contributed by atoms with Gasteiger partial charge >= 0.3 is 0 Å². The van der Waals surface area contributed by atoms with Crippen LogP contribution >= 0.6 is 0 Å². The Hall–Kier alpha value is -2.95. The summed E-state index contributed by atoms with van der Waals surface area (Å²) in [6, 6.07) is 13.7. The second kappa shape index (κ2) is 6.75. The fraction of sp³-hybridized carbons (Fsp3) is 0.286. The molecule has 0 atom stereocenters. The average Bonchev–Trinajstić information content (AvgIpc) is 2.91. The van der Waals surface area contributed by atoms with Crippen molar-refractivity contribution < 1.29 is 14.3 Å². The van der Waals surface area contributed by atoms with Gasteiger partial charge in [-0.05, 0) is 30.2 Å². The van der Waals surface area contributed by atoms with Gasteiger partial charge in [0.15, 0.2) is 0 Å². The first-order valence-corrected chi connectivity index (χ1v) is 8.80. The van der Waals surface area contributed by atoms with Gasteiger partial charge in [0.2, 0.25) is 0 Å². The number of methoxy groups -OCH3 is 2.